The molecule has 1 spiro atoms. The average molecular weight is 396 g/mol. The van der Waals surface area contributed by atoms with Crippen LogP contribution in [0.5, 0.6) is 5.75 Å². The molecule has 0 bridgehead atoms. The van der Waals surface area contributed by atoms with Crippen molar-refractivity contribution in [2.24, 2.45) is 11.3 Å². The molecular weight excluding hydrogens is 368 g/mol. The molecule has 2 aliphatic rings. The highest BCUT2D eigenvalue weighted by molar-refractivity contribution is 5.79. The summed E-state index contributed by atoms with van der Waals surface area (Å²) in [6.45, 7) is 3.20. The van der Waals surface area contributed by atoms with Gasteiger partial charge in [0.25, 0.3) is 0 Å². The lowest BCUT2D eigenvalue weighted by atomic mass is 9.71. The maximum absolute atomic E-state index is 12.8. The number of hydrogen-bond donors (Lipinski definition) is 1. The van der Waals surface area contributed by atoms with Crippen molar-refractivity contribution in [2.75, 3.05) is 44.8 Å². The van der Waals surface area contributed by atoms with E-state index in [1.165, 1.54) is 0 Å². The third-order valence-electron chi connectivity index (χ3n) is 6.47. The van der Waals surface area contributed by atoms with Crippen LogP contribution in [-0.2, 0) is 11.2 Å². The Bertz CT molecular complexity index is 837. The predicted molar refractivity (Wildman–Crippen MR) is 110 cm³/mol. The van der Waals surface area contributed by atoms with Gasteiger partial charge in [0.05, 0.1) is 13.5 Å². The number of ether oxygens (including phenoxy) is 1. The molecule has 1 atom stereocenters. The Balaban J connectivity index is 1.39. The molecule has 7 nitrogen and oxygen atoms in total. The fraction of sp³-hybridized carbons (Fsp3) is 0.500. The topological polar surface area (TPSA) is 78.8 Å². The van der Waals surface area contributed by atoms with Gasteiger partial charge in [0.1, 0.15) is 5.75 Å². The van der Waals surface area contributed by atoms with Crippen LogP contribution in [0.25, 0.3) is 0 Å². The number of carbonyl (C=O) groups is 1. The smallest absolute Gasteiger partial charge is 0.226 e. The molecule has 154 valence electrons. The number of methoxy groups -OCH3 is 1. The third-order valence-corrected chi connectivity index (χ3v) is 6.47. The Hall–Kier alpha value is -2.67. The number of aliphatic hydroxyl groups is 1. The summed E-state index contributed by atoms with van der Waals surface area (Å²) in [7, 11) is 1.63. The predicted octanol–water partition coefficient (Wildman–Crippen LogP) is 1.77. The van der Waals surface area contributed by atoms with Crippen LogP contribution < -0.4 is 9.64 Å². The highest BCUT2D eigenvalue weighted by Crippen LogP contribution is 2.45. The number of hydrogen-bond acceptors (Lipinski definition) is 6. The largest absolute Gasteiger partial charge is 0.497 e. The molecule has 1 amide bonds. The van der Waals surface area contributed by atoms with Crippen molar-refractivity contribution < 1.29 is 14.6 Å². The summed E-state index contributed by atoms with van der Waals surface area (Å²) in [5.74, 6) is 1.82. The lowest BCUT2D eigenvalue weighted by Crippen LogP contribution is -2.47. The van der Waals surface area contributed by atoms with E-state index in [1.54, 1.807) is 19.5 Å². The number of aromatic nitrogens is 2. The zero-order valence-corrected chi connectivity index (χ0v) is 16.8. The maximum atomic E-state index is 12.8. The number of aliphatic hydroxyl groups excluding tert-OH is 1. The second-order valence-corrected chi connectivity index (χ2v) is 8.08. The van der Waals surface area contributed by atoms with Crippen LogP contribution in [0.2, 0.25) is 0 Å². The number of amides is 1. The number of benzene rings is 1. The molecule has 2 aliphatic heterocycles. The first-order chi connectivity index (χ1) is 14.1. The van der Waals surface area contributed by atoms with Gasteiger partial charge in [0.2, 0.25) is 11.9 Å². The molecule has 0 aliphatic carbocycles. The van der Waals surface area contributed by atoms with E-state index in [4.69, 9.17) is 4.74 Å². The molecule has 1 N–H and O–H groups in total. The number of rotatable bonds is 5. The van der Waals surface area contributed by atoms with Crippen LogP contribution in [0.3, 0.4) is 0 Å². The van der Waals surface area contributed by atoms with Gasteiger partial charge in [-0.15, -0.1) is 0 Å². The van der Waals surface area contributed by atoms with Crippen LogP contribution >= 0.6 is 0 Å². The van der Waals surface area contributed by atoms with Crippen LogP contribution in [0.15, 0.2) is 42.7 Å². The van der Waals surface area contributed by atoms with Crippen molar-refractivity contribution in [3.05, 3.63) is 48.3 Å². The quantitative estimate of drug-likeness (QED) is 0.830. The highest BCUT2D eigenvalue weighted by Gasteiger charge is 2.48. The van der Waals surface area contributed by atoms with E-state index < -0.39 is 0 Å². The van der Waals surface area contributed by atoms with E-state index in [9.17, 15) is 9.90 Å². The second kappa shape index (κ2) is 8.37. The fourth-order valence-corrected chi connectivity index (χ4v) is 4.73. The molecule has 0 saturated carbocycles. The zero-order chi connectivity index (χ0) is 20.3. The zero-order valence-electron chi connectivity index (χ0n) is 16.8. The highest BCUT2D eigenvalue weighted by atomic mass is 16.5. The Kier molecular flexibility index (Phi) is 5.67. The normalized spacial score (nSPS) is 20.8. The minimum Gasteiger partial charge on any atom is -0.497 e. The van der Waals surface area contributed by atoms with Gasteiger partial charge in [-0.05, 0) is 42.0 Å². The second-order valence-electron chi connectivity index (χ2n) is 8.08. The van der Waals surface area contributed by atoms with Gasteiger partial charge in [-0.2, -0.15) is 0 Å². The van der Waals surface area contributed by atoms with Crippen molar-refractivity contribution in [3.8, 4) is 5.75 Å². The van der Waals surface area contributed by atoms with Gasteiger partial charge in [-0.3, -0.25) is 4.79 Å². The molecule has 2 saturated heterocycles. The van der Waals surface area contributed by atoms with Gasteiger partial charge in [0.15, 0.2) is 0 Å². The Labute approximate surface area is 171 Å². The van der Waals surface area contributed by atoms with E-state index in [0.29, 0.717) is 6.42 Å². The molecule has 29 heavy (non-hydrogen) atoms. The lowest BCUT2D eigenvalue weighted by molar-refractivity contribution is -0.133. The standard InChI is InChI=1S/C22H28N4O3/c1-29-19-5-2-4-17(12-19)13-20(28)25-10-6-22(7-11-25)16-26(14-18(22)15-27)21-23-8-3-9-24-21/h2-5,8-9,12,18,27H,6-7,10-11,13-16H2,1H3. The van der Waals surface area contributed by atoms with Crippen LogP contribution in [0, 0.1) is 11.3 Å². The maximum Gasteiger partial charge on any atom is 0.226 e. The molecule has 1 unspecified atom stereocenters. The molecule has 1 aromatic heterocycles. The van der Waals surface area contributed by atoms with Crippen molar-refractivity contribution in [1.29, 1.82) is 0 Å². The number of nitrogens with zero attached hydrogens (tertiary/aromatic N) is 4. The van der Waals surface area contributed by atoms with Crippen LogP contribution in [0.4, 0.5) is 5.95 Å². The van der Waals surface area contributed by atoms with Crippen LogP contribution in [0.1, 0.15) is 18.4 Å². The molecule has 1 aromatic carbocycles. The first-order valence-corrected chi connectivity index (χ1v) is 10.2. The van der Waals surface area contributed by atoms with Gasteiger partial charge >= 0.3 is 0 Å². The minimum atomic E-state index is 0.0146. The summed E-state index contributed by atoms with van der Waals surface area (Å²) in [6.07, 6.45) is 5.68. The Morgan fingerprint density at radius 2 is 2.00 bits per heavy atom. The van der Waals surface area contributed by atoms with Crippen molar-refractivity contribution in [1.82, 2.24) is 14.9 Å². The van der Waals surface area contributed by atoms with Gasteiger partial charge < -0.3 is 19.6 Å². The fourth-order valence-electron chi connectivity index (χ4n) is 4.73. The summed E-state index contributed by atoms with van der Waals surface area (Å²) in [5, 5.41) is 10.0. The molecule has 7 heteroatoms. The number of piperidine rings is 1. The minimum absolute atomic E-state index is 0.0146. The third kappa shape index (κ3) is 4.05. The van der Waals surface area contributed by atoms with E-state index in [2.05, 4.69) is 14.9 Å². The molecule has 2 fully saturated rings. The van der Waals surface area contributed by atoms with E-state index in [0.717, 1.165) is 56.3 Å². The summed E-state index contributed by atoms with van der Waals surface area (Å²) in [6, 6.07) is 9.49. The molecule has 4 rings (SSSR count). The van der Waals surface area contributed by atoms with Crippen LogP contribution in [-0.4, -0.2) is 65.8 Å². The average Bonchev–Trinajstić information content (AvgIpc) is 3.13. The summed E-state index contributed by atoms with van der Waals surface area (Å²) in [4.78, 5) is 25.7. The first-order valence-electron chi connectivity index (χ1n) is 10.2. The molecule has 2 aromatic rings. The van der Waals surface area contributed by atoms with Crippen molar-refractivity contribution in [2.45, 2.75) is 19.3 Å². The Morgan fingerprint density at radius 1 is 1.24 bits per heavy atom. The lowest BCUT2D eigenvalue weighted by Gasteiger charge is -2.42. The summed E-state index contributed by atoms with van der Waals surface area (Å²) < 4.78 is 5.25. The number of likely N-dealkylation sites (tertiary alicyclic amines) is 1. The SMILES string of the molecule is COc1cccc(CC(=O)N2CCC3(CC2)CN(c2ncccn2)CC3CO)c1. The van der Waals surface area contributed by atoms with Gasteiger partial charge in [-0.1, -0.05) is 12.1 Å². The Morgan fingerprint density at radius 3 is 2.69 bits per heavy atom. The monoisotopic (exact) mass is 396 g/mol. The first kappa shape index (κ1) is 19.6. The summed E-state index contributed by atoms with van der Waals surface area (Å²) >= 11 is 0. The van der Waals surface area contributed by atoms with E-state index in [-0.39, 0.29) is 23.8 Å². The van der Waals surface area contributed by atoms with Crippen molar-refractivity contribution >= 4 is 11.9 Å². The molecule has 0 radical (unpaired) electrons. The van der Waals surface area contributed by atoms with E-state index in [1.807, 2.05) is 35.2 Å². The molecule has 3 heterocycles. The molecular formula is C22H28N4O3. The van der Waals surface area contributed by atoms with Gasteiger partial charge in [-0.25, -0.2) is 9.97 Å². The number of anilines is 1. The van der Waals surface area contributed by atoms with Crippen molar-refractivity contribution in [3.63, 3.8) is 0 Å². The summed E-state index contributed by atoms with van der Waals surface area (Å²) in [5.41, 5.74) is 0.983. The van der Waals surface area contributed by atoms with Gasteiger partial charge in [0, 0.05) is 51.1 Å². The van der Waals surface area contributed by atoms with E-state index >= 15 is 0 Å². The number of carbonyl (C=O) groups excluding carboxylic acids is 1.